The van der Waals surface area contributed by atoms with E-state index in [2.05, 4.69) is 44.0 Å². The highest BCUT2D eigenvalue weighted by Crippen LogP contribution is 2.50. The molecule has 1 aromatic carbocycles. The molecule has 0 radical (unpaired) electrons. The minimum Gasteiger partial charge on any atom is -0.466 e. The molecule has 1 aliphatic heterocycles. The Balaban J connectivity index is 1.84. The first kappa shape index (κ1) is 29.1. The first-order chi connectivity index (χ1) is 17.1. The predicted octanol–water partition coefficient (Wildman–Crippen LogP) is 3.63. The molecule has 3 atom stereocenters. The molecule has 2 fully saturated rings. The van der Waals surface area contributed by atoms with Crippen molar-refractivity contribution in [2.24, 2.45) is 10.9 Å². The van der Waals surface area contributed by atoms with Crippen LogP contribution >= 0.6 is 28.4 Å². The van der Waals surface area contributed by atoms with E-state index in [0.717, 1.165) is 5.56 Å². The summed E-state index contributed by atoms with van der Waals surface area (Å²) >= 11 is 2.37. The lowest BCUT2D eigenvalue weighted by Crippen LogP contribution is -2.57. The van der Waals surface area contributed by atoms with Crippen molar-refractivity contribution in [1.82, 2.24) is 5.32 Å². The number of carbonyl (C=O) groups is 2. The second-order valence-electron chi connectivity index (χ2n) is 9.41. The molecular formula is C25H35IN2O7S. The summed E-state index contributed by atoms with van der Waals surface area (Å²) in [4.78, 5) is 42.1. The molecule has 3 rings (SSSR count). The number of halogens is 1. The molecule has 200 valence electrons. The number of benzene rings is 1. The van der Waals surface area contributed by atoms with Crippen LogP contribution in [0.25, 0.3) is 0 Å². The summed E-state index contributed by atoms with van der Waals surface area (Å²) in [5, 5.41) is 2.97. The largest absolute Gasteiger partial charge is 0.466 e. The lowest BCUT2D eigenvalue weighted by Gasteiger charge is -2.41. The zero-order valence-corrected chi connectivity index (χ0v) is 24.0. The molecule has 36 heavy (non-hydrogen) atoms. The minimum absolute atomic E-state index is 0.0905. The van der Waals surface area contributed by atoms with Crippen molar-refractivity contribution in [1.29, 1.82) is 0 Å². The van der Waals surface area contributed by atoms with Crippen LogP contribution in [0.4, 0.5) is 0 Å². The zero-order chi connectivity index (χ0) is 26.2. The topological polar surface area (TPSA) is 113 Å². The molecule has 1 saturated carbocycles. The van der Waals surface area contributed by atoms with Crippen LogP contribution in [-0.2, 0) is 39.9 Å². The van der Waals surface area contributed by atoms with Crippen LogP contribution in [0.3, 0.4) is 0 Å². The SMILES string of the molecule is CCOC(=O)[C@@H]1CC2(CC[C@@H]1NC(=O)[C@@](CCS(C)(C)I)(N=C=O)OCc1ccccc1)OCCO2. The van der Waals surface area contributed by atoms with Gasteiger partial charge in [0.05, 0.1) is 32.3 Å². The number of hydrogen-bond donors (Lipinski definition) is 1. The molecule has 2 aliphatic rings. The van der Waals surface area contributed by atoms with Gasteiger partial charge in [-0.25, -0.2) is 4.79 Å². The highest BCUT2D eigenvalue weighted by molar-refractivity contribution is 14.2. The third kappa shape index (κ3) is 7.75. The van der Waals surface area contributed by atoms with Crippen LogP contribution in [0.1, 0.15) is 38.2 Å². The van der Waals surface area contributed by atoms with Gasteiger partial charge >= 0.3 is 5.97 Å². The monoisotopic (exact) mass is 634 g/mol. The van der Waals surface area contributed by atoms with E-state index in [4.69, 9.17) is 18.9 Å². The van der Waals surface area contributed by atoms with Gasteiger partial charge in [-0.3, -0.25) is 9.59 Å². The lowest BCUT2D eigenvalue weighted by atomic mass is 9.80. The number of amides is 1. The number of nitrogens with zero attached hydrogens (tertiary/aromatic N) is 1. The van der Waals surface area contributed by atoms with Crippen molar-refractivity contribution in [3.8, 4) is 0 Å². The Labute approximate surface area is 226 Å². The highest BCUT2D eigenvalue weighted by Gasteiger charge is 2.50. The van der Waals surface area contributed by atoms with E-state index in [1.807, 2.05) is 30.3 Å². The van der Waals surface area contributed by atoms with Crippen LogP contribution in [0, 0.1) is 5.92 Å². The van der Waals surface area contributed by atoms with Crippen molar-refractivity contribution in [2.75, 3.05) is 38.1 Å². The summed E-state index contributed by atoms with van der Waals surface area (Å²) in [7, 11) is -1.06. The maximum atomic E-state index is 13.8. The number of ether oxygens (including phenoxy) is 4. The van der Waals surface area contributed by atoms with Crippen LogP contribution in [-0.4, -0.2) is 73.6 Å². The Bertz CT molecular complexity index is 945. The maximum absolute atomic E-state index is 13.8. The Morgan fingerprint density at radius 3 is 2.58 bits per heavy atom. The van der Waals surface area contributed by atoms with E-state index >= 15 is 0 Å². The summed E-state index contributed by atoms with van der Waals surface area (Å²) in [6.07, 6.45) is 7.22. The zero-order valence-electron chi connectivity index (χ0n) is 21.0. The van der Waals surface area contributed by atoms with Gasteiger partial charge in [0.25, 0.3) is 11.6 Å². The maximum Gasteiger partial charge on any atom is 0.311 e. The molecule has 1 heterocycles. The normalized spacial score (nSPS) is 23.3. The van der Waals surface area contributed by atoms with Crippen molar-refractivity contribution in [2.45, 2.75) is 56.8 Å². The summed E-state index contributed by atoms with van der Waals surface area (Å²) < 4.78 is 23.1. The van der Waals surface area contributed by atoms with Gasteiger partial charge in [-0.2, -0.15) is 12.2 Å². The van der Waals surface area contributed by atoms with Gasteiger partial charge < -0.3 is 24.3 Å². The summed E-state index contributed by atoms with van der Waals surface area (Å²) in [5.74, 6) is -1.86. The number of carbonyl (C=O) groups excluding carboxylic acids is 3. The molecule has 1 aromatic rings. The fourth-order valence-electron chi connectivity index (χ4n) is 4.49. The highest BCUT2D eigenvalue weighted by atomic mass is 127. The Hall–Kier alpha value is -1.50. The summed E-state index contributed by atoms with van der Waals surface area (Å²) in [5.41, 5.74) is -0.918. The second-order valence-corrected chi connectivity index (χ2v) is 19.8. The van der Waals surface area contributed by atoms with Crippen LogP contribution < -0.4 is 5.32 Å². The van der Waals surface area contributed by atoms with Gasteiger partial charge in [-0.1, -0.05) is 30.3 Å². The van der Waals surface area contributed by atoms with E-state index in [1.165, 1.54) is 0 Å². The summed E-state index contributed by atoms with van der Waals surface area (Å²) in [6.45, 7) is 2.98. The molecule has 11 heteroatoms. The number of isocyanates is 1. The molecular weight excluding hydrogens is 599 g/mol. The molecule has 1 aliphatic carbocycles. The van der Waals surface area contributed by atoms with Crippen molar-refractivity contribution in [3.63, 3.8) is 0 Å². The second kappa shape index (κ2) is 12.8. The van der Waals surface area contributed by atoms with Gasteiger partial charge in [0.2, 0.25) is 6.08 Å². The Morgan fingerprint density at radius 2 is 1.97 bits per heavy atom. The minimum atomic E-state index is -1.76. The summed E-state index contributed by atoms with van der Waals surface area (Å²) in [6, 6.07) is 8.83. The fourth-order valence-corrected chi connectivity index (χ4v) is 5.91. The van der Waals surface area contributed by atoms with Crippen LogP contribution in [0.5, 0.6) is 0 Å². The number of nitrogens with one attached hydrogen (secondary N) is 1. The number of rotatable bonds is 11. The molecule has 1 N–H and O–H groups in total. The fraction of sp³-hybridized carbons (Fsp3) is 0.640. The lowest BCUT2D eigenvalue weighted by molar-refractivity contribution is -0.199. The number of esters is 1. The van der Waals surface area contributed by atoms with Crippen LogP contribution in [0.2, 0.25) is 0 Å². The smallest absolute Gasteiger partial charge is 0.311 e. The molecule has 0 bridgehead atoms. The predicted molar refractivity (Wildman–Crippen MR) is 146 cm³/mol. The van der Waals surface area contributed by atoms with E-state index in [0.29, 0.717) is 31.8 Å². The van der Waals surface area contributed by atoms with E-state index in [9.17, 15) is 14.4 Å². The van der Waals surface area contributed by atoms with Crippen LogP contribution in [0.15, 0.2) is 35.3 Å². The van der Waals surface area contributed by atoms with Gasteiger partial charge in [0.1, 0.15) is 0 Å². The molecule has 1 amide bonds. The standard InChI is InChI=1S/C25H35IN2O7S/c1-4-32-22(30)20-16-24(33-13-14-34-24)11-10-21(20)28-23(31)25(27-18-29,12-15-36(2,3)26)35-17-19-8-6-5-7-9-19/h5-9,20-21H,4,10-17H2,1-3H3,(H,28,31)/t20-,21+,25+/m1/s1. The first-order valence-electron chi connectivity index (χ1n) is 12.0. The Kier molecular flexibility index (Phi) is 10.4. The molecule has 1 saturated heterocycles. The number of hydrogen-bond acceptors (Lipinski definition) is 8. The molecule has 0 aromatic heterocycles. The van der Waals surface area contributed by atoms with Gasteiger partial charge in [-0.15, -0.1) is 0 Å². The molecule has 1 spiro atoms. The Morgan fingerprint density at radius 1 is 1.28 bits per heavy atom. The average molecular weight is 635 g/mol. The first-order valence-corrected chi connectivity index (χ1v) is 17.2. The number of aliphatic imine (C=N–C) groups is 1. The van der Waals surface area contributed by atoms with Crippen molar-refractivity contribution in [3.05, 3.63) is 35.9 Å². The van der Waals surface area contributed by atoms with Gasteiger partial charge in [-0.05, 0) is 58.4 Å². The third-order valence-corrected chi connectivity index (χ3v) is 8.90. The van der Waals surface area contributed by atoms with Gasteiger partial charge in [0.15, 0.2) is 5.79 Å². The third-order valence-electron chi connectivity index (χ3n) is 6.40. The van der Waals surface area contributed by atoms with Crippen molar-refractivity contribution < 1.29 is 33.3 Å². The van der Waals surface area contributed by atoms with E-state index < -0.39 is 42.5 Å². The van der Waals surface area contributed by atoms with Gasteiger partial charge in [0, 0.05) is 25.3 Å². The van der Waals surface area contributed by atoms with E-state index in [-0.39, 0.29) is 26.1 Å². The van der Waals surface area contributed by atoms with E-state index in [1.54, 1.807) is 13.0 Å². The molecule has 9 nitrogen and oxygen atoms in total. The quantitative estimate of drug-likeness (QED) is 0.171. The van der Waals surface area contributed by atoms with Crippen molar-refractivity contribution >= 4 is 46.4 Å². The average Bonchev–Trinajstić information content (AvgIpc) is 3.30. The molecule has 0 unspecified atom stereocenters.